The second-order valence-electron chi connectivity index (χ2n) is 7.30. The number of benzene rings is 2. The average Bonchev–Trinajstić information content (AvgIpc) is 3.43. The van der Waals surface area contributed by atoms with E-state index in [4.69, 9.17) is 21.3 Å². The van der Waals surface area contributed by atoms with Crippen molar-refractivity contribution in [1.29, 1.82) is 5.26 Å². The minimum atomic E-state index is -0.963. The molecule has 0 bridgehead atoms. The van der Waals surface area contributed by atoms with Crippen LogP contribution < -0.4 is 4.90 Å². The summed E-state index contributed by atoms with van der Waals surface area (Å²) in [6.45, 7) is 0.199. The quantitative estimate of drug-likeness (QED) is 0.535. The molecule has 4 rings (SSSR count). The van der Waals surface area contributed by atoms with Gasteiger partial charge in [0.05, 0.1) is 30.0 Å². The van der Waals surface area contributed by atoms with E-state index in [9.17, 15) is 14.4 Å². The van der Waals surface area contributed by atoms with Gasteiger partial charge >= 0.3 is 0 Å². The molecule has 3 amide bonds. The summed E-state index contributed by atoms with van der Waals surface area (Å²) < 4.78 is 5.25. The van der Waals surface area contributed by atoms with Crippen molar-refractivity contribution >= 4 is 35.0 Å². The highest BCUT2D eigenvalue weighted by Gasteiger charge is 2.44. The first-order valence-electron chi connectivity index (χ1n) is 9.94. The maximum atomic E-state index is 13.2. The molecule has 7 nitrogen and oxygen atoms in total. The molecule has 0 radical (unpaired) electrons. The van der Waals surface area contributed by atoms with Crippen LogP contribution in [-0.2, 0) is 16.0 Å². The van der Waals surface area contributed by atoms with Crippen LogP contribution in [0.5, 0.6) is 0 Å². The zero-order valence-electron chi connectivity index (χ0n) is 16.9. The molecule has 160 valence electrons. The summed E-state index contributed by atoms with van der Waals surface area (Å²) >= 11 is 6.06. The molecule has 1 aliphatic heterocycles. The second-order valence-corrected chi connectivity index (χ2v) is 7.74. The van der Waals surface area contributed by atoms with E-state index in [1.165, 1.54) is 29.4 Å². The Morgan fingerprint density at radius 3 is 2.59 bits per heavy atom. The lowest BCUT2D eigenvalue weighted by atomic mass is 10.1. The number of hydrogen-bond donors (Lipinski definition) is 0. The van der Waals surface area contributed by atoms with E-state index in [-0.39, 0.29) is 18.7 Å². The fourth-order valence-corrected chi connectivity index (χ4v) is 3.91. The third-order valence-electron chi connectivity index (χ3n) is 5.28. The third-order valence-corrected chi connectivity index (χ3v) is 5.51. The molecule has 0 saturated carbocycles. The molecule has 1 atom stereocenters. The third kappa shape index (κ3) is 4.27. The maximum absolute atomic E-state index is 13.2. The second kappa shape index (κ2) is 9.08. The number of carbonyl (C=O) groups is 3. The van der Waals surface area contributed by atoms with Crippen LogP contribution in [0.1, 0.15) is 28.1 Å². The summed E-state index contributed by atoms with van der Waals surface area (Å²) in [5.41, 5.74) is 1.68. The minimum absolute atomic E-state index is 0.0909. The summed E-state index contributed by atoms with van der Waals surface area (Å²) in [6.07, 6.45) is 1.69. The summed E-state index contributed by atoms with van der Waals surface area (Å²) in [5, 5.41) is 9.55. The molecule has 0 N–H and O–H groups in total. The lowest BCUT2D eigenvalue weighted by Gasteiger charge is -2.27. The normalized spacial score (nSPS) is 15.6. The van der Waals surface area contributed by atoms with Gasteiger partial charge in [0.15, 0.2) is 5.76 Å². The molecule has 2 heterocycles. The van der Waals surface area contributed by atoms with Crippen LogP contribution >= 0.6 is 11.6 Å². The van der Waals surface area contributed by atoms with Gasteiger partial charge in [-0.1, -0.05) is 23.7 Å². The molecular formula is C24H18ClN3O4. The number of carbonyl (C=O) groups excluding carboxylic acids is 3. The monoisotopic (exact) mass is 447 g/mol. The molecule has 1 aliphatic rings. The Morgan fingerprint density at radius 2 is 1.94 bits per heavy atom. The smallest absolute Gasteiger partial charge is 0.290 e. The zero-order valence-corrected chi connectivity index (χ0v) is 17.7. The molecule has 1 unspecified atom stereocenters. The summed E-state index contributed by atoms with van der Waals surface area (Å²) in [5.74, 6) is -1.28. The summed E-state index contributed by atoms with van der Waals surface area (Å²) in [4.78, 5) is 41.6. The molecule has 0 aliphatic carbocycles. The number of nitrogens with zero attached hydrogens (tertiary/aromatic N) is 3. The Kier molecular flexibility index (Phi) is 6.06. The first-order chi connectivity index (χ1) is 15.5. The Balaban J connectivity index is 1.61. The largest absolute Gasteiger partial charge is 0.459 e. The van der Waals surface area contributed by atoms with Crippen LogP contribution in [0.2, 0.25) is 5.02 Å². The number of imide groups is 1. The van der Waals surface area contributed by atoms with Gasteiger partial charge in [-0.3, -0.25) is 14.4 Å². The summed E-state index contributed by atoms with van der Waals surface area (Å²) in [6, 6.07) is 17.5. The fourth-order valence-electron chi connectivity index (χ4n) is 3.70. The maximum Gasteiger partial charge on any atom is 0.290 e. The van der Waals surface area contributed by atoms with E-state index in [1.54, 1.807) is 30.3 Å². The number of furan rings is 1. The van der Waals surface area contributed by atoms with Crippen LogP contribution in [0.15, 0.2) is 71.3 Å². The van der Waals surface area contributed by atoms with Gasteiger partial charge in [0.25, 0.3) is 11.8 Å². The number of amides is 3. The Labute approximate surface area is 189 Å². The van der Waals surface area contributed by atoms with Crippen LogP contribution in [0.3, 0.4) is 0 Å². The van der Waals surface area contributed by atoms with Crippen molar-refractivity contribution in [3.63, 3.8) is 0 Å². The van der Waals surface area contributed by atoms with Crippen molar-refractivity contribution in [3.8, 4) is 6.07 Å². The average molecular weight is 448 g/mol. The van der Waals surface area contributed by atoms with E-state index in [1.807, 2.05) is 18.2 Å². The molecule has 0 spiro atoms. The van der Waals surface area contributed by atoms with Crippen molar-refractivity contribution in [1.82, 2.24) is 4.90 Å². The lowest BCUT2D eigenvalue weighted by Crippen LogP contribution is -2.46. The van der Waals surface area contributed by atoms with Gasteiger partial charge in [0.1, 0.15) is 6.04 Å². The van der Waals surface area contributed by atoms with Gasteiger partial charge in [-0.15, -0.1) is 0 Å². The highest BCUT2D eigenvalue weighted by atomic mass is 35.5. The van der Waals surface area contributed by atoms with E-state index in [2.05, 4.69) is 0 Å². The van der Waals surface area contributed by atoms with Gasteiger partial charge in [-0.05, 0) is 60.5 Å². The predicted molar refractivity (Wildman–Crippen MR) is 117 cm³/mol. The van der Waals surface area contributed by atoms with Crippen molar-refractivity contribution in [2.24, 2.45) is 0 Å². The molecule has 8 heteroatoms. The Morgan fingerprint density at radius 1 is 1.16 bits per heavy atom. The molecule has 1 saturated heterocycles. The highest BCUT2D eigenvalue weighted by Crippen LogP contribution is 2.27. The number of halogens is 1. The SMILES string of the molecule is N#Cc1ccc(N2C(=O)CC(N(CCc3cccc(Cl)c3)C(=O)c3ccco3)C2=O)cc1. The van der Waals surface area contributed by atoms with Crippen LogP contribution in [0.4, 0.5) is 5.69 Å². The van der Waals surface area contributed by atoms with Gasteiger partial charge in [0.2, 0.25) is 5.91 Å². The predicted octanol–water partition coefficient (Wildman–Crippen LogP) is 3.82. The standard InChI is InChI=1S/C24H18ClN3O4/c25-18-4-1-3-16(13-18)10-11-27(24(31)21-5-2-12-32-21)20-14-22(29)28(23(20)30)19-8-6-17(15-26)7-9-19/h1-9,12-13,20H,10-11,14H2. The van der Waals surface area contributed by atoms with Gasteiger partial charge in [0, 0.05) is 11.6 Å². The Hall–Kier alpha value is -3.89. The van der Waals surface area contributed by atoms with Crippen LogP contribution in [0.25, 0.3) is 0 Å². The van der Waals surface area contributed by atoms with Crippen molar-refractivity contribution in [3.05, 3.63) is 88.8 Å². The van der Waals surface area contributed by atoms with E-state index < -0.39 is 23.8 Å². The first-order valence-corrected chi connectivity index (χ1v) is 10.3. The minimum Gasteiger partial charge on any atom is -0.459 e. The van der Waals surface area contributed by atoms with Gasteiger partial charge < -0.3 is 9.32 Å². The number of rotatable bonds is 6. The lowest BCUT2D eigenvalue weighted by molar-refractivity contribution is -0.122. The Bertz CT molecular complexity index is 1200. The number of anilines is 1. The van der Waals surface area contributed by atoms with Gasteiger partial charge in [-0.25, -0.2) is 4.90 Å². The van der Waals surface area contributed by atoms with E-state index >= 15 is 0 Å². The molecule has 1 aromatic heterocycles. The topological polar surface area (TPSA) is 94.6 Å². The molecule has 32 heavy (non-hydrogen) atoms. The van der Waals surface area contributed by atoms with Crippen LogP contribution in [-0.4, -0.2) is 35.2 Å². The van der Waals surface area contributed by atoms with Crippen molar-refractivity contribution in [2.45, 2.75) is 18.9 Å². The molecule has 1 fully saturated rings. The molecular weight excluding hydrogens is 430 g/mol. The fraction of sp³-hybridized carbons (Fsp3) is 0.167. The summed E-state index contributed by atoms with van der Waals surface area (Å²) in [7, 11) is 0. The van der Waals surface area contributed by atoms with E-state index in [0.717, 1.165) is 10.5 Å². The van der Waals surface area contributed by atoms with Crippen molar-refractivity contribution in [2.75, 3.05) is 11.4 Å². The molecule has 3 aromatic rings. The van der Waals surface area contributed by atoms with Crippen LogP contribution in [0, 0.1) is 11.3 Å². The van der Waals surface area contributed by atoms with E-state index in [0.29, 0.717) is 22.7 Å². The number of nitriles is 1. The zero-order chi connectivity index (χ0) is 22.7. The molecule has 2 aromatic carbocycles. The number of hydrogen-bond acceptors (Lipinski definition) is 5. The first kappa shape index (κ1) is 21.3. The van der Waals surface area contributed by atoms with Gasteiger partial charge in [-0.2, -0.15) is 5.26 Å². The van der Waals surface area contributed by atoms with Crippen molar-refractivity contribution < 1.29 is 18.8 Å². The highest BCUT2D eigenvalue weighted by molar-refractivity contribution is 6.30.